The van der Waals surface area contributed by atoms with Crippen LogP contribution in [0.25, 0.3) is 0 Å². The summed E-state index contributed by atoms with van der Waals surface area (Å²) in [5.74, 6) is 1.89. The lowest BCUT2D eigenvalue weighted by atomic mass is 9.81. The molecule has 0 saturated heterocycles. The summed E-state index contributed by atoms with van der Waals surface area (Å²) in [7, 11) is 1.76. The van der Waals surface area contributed by atoms with Crippen LogP contribution in [0.3, 0.4) is 0 Å². The van der Waals surface area contributed by atoms with E-state index in [1.54, 1.807) is 7.11 Å². The SMILES string of the molecule is COc1cccc2c1CCC(CCCN)C2. The number of benzene rings is 1. The molecule has 0 bridgehead atoms. The Morgan fingerprint density at radius 2 is 2.31 bits per heavy atom. The molecule has 0 fully saturated rings. The molecule has 0 aliphatic heterocycles. The number of ether oxygens (including phenoxy) is 1. The first-order chi connectivity index (χ1) is 7.85. The number of methoxy groups -OCH3 is 1. The Hall–Kier alpha value is -1.02. The predicted molar refractivity (Wildman–Crippen MR) is 66.8 cm³/mol. The summed E-state index contributed by atoms with van der Waals surface area (Å²) < 4.78 is 5.41. The Kier molecular flexibility index (Phi) is 3.83. The number of hydrogen-bond donors (Lipinski definition) is 1. The van der Waals surface area contributed by atoms with Crippen LogP contribution < -0.4 is 10.5 Å². The van der Waals surface area contributed by atoms with E-state index in [2.05, 4.69) is 18.2 Å². The molecule has 0 heterocycles. The quantitative estimate of drug-likeness (QED) is 0.844. The molecule has 0 radical (unpaired) electrons. The summed E-state index contributed by atoms with van der Waals surface area (Å²) in [6.45, 7) is 0.821. The van der Waals surface area contributed by atoms with Gasteiger partial charge in [-0.2, -0.15) is 0 Å². The lowest BCUT2D eigenvalue weighted by Gasteiger charge is -2.25. The van der Waals surface area contributed by atoms with Crippen LogP contribution in [0.15, 0.2) is 18.2 Å². The van der Waals surface area contributed by atoms with Crippen molar-refractivity contribution >= 4 is 0 Å². The van der Waals surface area contributed by atoms with E-state index in [1.165, 1.54) is 30.4 Å². The van der Waals surface area contributed by atoms with Crippen molar-refractivity contribution in [1.29, 1.82) is 0 Å². The van der Waals surface area contributed by atoms with E-state index in [0.29, 0.717) is 0 Å². The third-order valence-corrected chi connectivity index (χ3v) is 3.58. The van der Waals surface area contributed by atoms with E-state index in [1.807, 2.05) is 0 Å². The maximum absolute atomic E-state index is 5.57. The number of hydrogen-bond acceptors (Lipinski definition) is 2. The van der Waals surface area contributed by atoms with Crippen molar-refractivity contribution in [3.63, 3.8) is 0 Å². The molecule has 2 heteroatoms. The van der Waals surface area contributed by atoms with Gasteiger partial charge in [-0.25, -0.2) is 0 Å². The fourth-order valence-electron chi connectivity index (χ4n) is 2.69. The summed E-state index contributed by atoms with van der Waals surface area (Å²) in [4.78, 5) is 0. The van der Waals surface area contributed by atoms with Crippen molar-refractivity contribution in [3.8, 4) is 5.75 Å². The van der Waals surface area contributed by atoms with Crippen molar-refractivity contribution < 1.29 is 4.74 Å². The Bertz CT molecular complexity index is 349. The molecular weight excluding hydrogens is 198 g/mol. The highest BCUT2D eigenvalue weighted by molar-refractivity contribution is 5.41. The second kappa shape index (κ2) is 5.35. The molecule has 0 aromatic heterocycles. The Morgan fingerprint density at radius 3 is 3.06 bits per heavy atom. The lowest BCUT2D eigenvalue weighted by molar-refractivity contribution is 0.384. The third-order valence-electron chi connectivity index (χ3n) is 3.58. The Labute approximate surface area is 97.8 Å². The summed E-state index contributed by atoms with van der Waals surface area (Å²) in [6.07, 6.45) is 6.08. The highest BCUT2D eigenvalue weighted by Crippen LogP contribution is 2.33. The van der Waals surface area contributed by atoms with Crippen LogP contribution in [0.4, 0.5) is 0 Å². The van der Waals surface area contributed by atoms with Crippen molar-refractivity contribution in [2.75, 3.05) is 13.7 Å². The summed E-state index contributed by atoms with van der Waals surface area (Å²) in [5.41, 5.74) is 8.47. The molecular formula is C14H21NO. The molecule has 1 unspecified atom stereocenters. The molecule has 16 heavy (non-hydrogen) atoms. The minimum Gasteiger partial charge on any atom is -0.496 e. The van der Waals surface area contributed by atoms with Crippen LogP contribution in [-0.4, -0.2) is 13.7 Å². The molecule has 0 spiro atoms. The number of fused-ring (bicyclic) bond motifs is 1. The van der Waals surface area contributed by atoms with E-state index >= 15 is 0 Å². The minimum absolute atomic E-state index is 0.821. The maximum Gasteiger partial charge on any atom is 0.122 e. The molecule has 2 N–H and O–H groups in total. The second-order valence-electron chi connectivity index (χ2n) is 4.64. The molecule has 0 saturated carbocycles. The molecule has 1 atom stereocenters. The van der Waals surface area contributed by atoms with Crippen LogP contribution in [0.1, 0.15) is 30.4 Å². The average Bonchev–Trinajstić information content (AvgIpc) is 2.35. The smallest absolute Gasteiger partial charge is 0.122 e. The van der Waals surface area contributed by atoms with E-state index in [0.717, 1.165) is 31.1 Å². The average molecular weight is 219 g/mol. The Morgan fingerprint density at radius 1 is 1.44 bits per heavy atom. The van der Waals surface area contributed by atoms with Gasteiger partial charge < -0.3 is 10.5 Å². The maximum atomic E-state index is 5.57. The fourth-order valence-corrected chi connectivity index (χ4v) is 2.69. The normalized spacial score (nSPS) is 19.2. The van der Waals surface area contributed by atoms with E-state index in [-0.39, 0.29) is 0 Å². The molecule has 0 amide bonds. The Balaban J connectivity index is 2.09. The summed E-state index contributed by atoms with van der Waals surface area (Å²) in [5, 5.41) is 0. The summed E-state index contributed by atoms with van der Waals surface area (Å²) in [6, 6.07) is 6.41. The standard InChI is InChI=1S/C14H21NO/c1-16-14-6-2-5-12-10-11(4-3-9-15)7-8-13(12)14/h2,5-6,11H,3-4,7-10,15H2,1H3. The molecule has 1 aliphatic rings. The molecule has 2 rings (SSSR count). The van der Waals surface area contributed by atoms with Crippen LogP contribution in [0.5, 0.6) is 5.75 Å². The van der Waals surface area contributed by atoms with Crippen LogP contribution in [-0.2, 0) is 12.8 Å². The van der Waals surface area contributed by atoms with Gasteiger partial charge in [0.2, 0.25) is 0 Å². The highest BCUT2D eigenvalue weighted by atomic mass is 16.5. The lowest BCUT2D eigenvalue weighted by Crippen LogP contribution is -2.16. The summed E-state index contributed by atoms with van der Waals surface area (Å²) >= 11 is 0. The van der Waals surface area contributed by atoms with E-state index in [4.69, 9.17) is 10.5 Å². The highest BCUT2D eigenvalue weighted by Gasteiger charge is 2.20. The zero-order chi connectivity index (χ0) is 11.4. The fraction of sp³-hybridized carbons (Fsp3) is 0.571. The van der Waals surface area contributed by atoms with Crippen molar-refractivity contribution in [2.24, 2.45) is 11.7 Å². The second-order valence-corrected chi connectivity index (χ2v) is 4.64. The molecule has 2 nitrogen and oxygen atoms in total. The zero-order valence-corrected chi connectivity index (χ0v) is 10.0. The molecule has 1 aromatic rings. The van der Waals surface area contributed by atoms with Crippen LogP contribution in [0.2, 0.25) is 0 Å². The predicted octanol–water partition coefficient (Wildman–Crippen LogP) is 2.54. The van der Waals surface area contributed by atoms with Gasteiger partial charge in [-0.3, -0.25) is 0 Å². The van der Waals surface area contributed by atoms with Crippen molar-refractivity contribution in [3.05, 3.63) is 29.3 Å². The first-order valence-corrected chi connectivity index (χ1v) is 6.20. The third kappa shape index (κ3) is 2.38. The monoisotopic (exact) mass is 219 g/mol. The minimum atomic E-state index is 0.821. The van der Waals surface area contributed by atoms with E-state index < -0.39 is 0 Å². The van der Waals surface area contributed by atoms with Crippen molar-refractivity contribution in [2.45, 2.75) is 32.1 Å². The number of rotatable bonds is 4. The van der Waals surface area contributed by atoms with Gasteiger partial charge in [0.25, 0.3) is 0 Å². The molecule has 88 valence electrons. The molecule has 1 aromatic carbocycles. The van der Waals surface area contributed by atoms with E-state index in [9.17, 15) is 0 Å². The van der Waals surface area contributed by atoms with Crippen molar-refractivity contribution in [1.82, 2.24) is 0 Å². The first-order valence-electron chi connectivity index (χ1n) is 6.20. The van der Waals surface area contributed by atoms with Gasteiger partial charge in [0, 0.05) is 0 Å². The van der Waals surface area contributed by atoms with Gasteiger partial charge >= 0.3 is 0 Å². The zero-order valence-electron chi connectivity index (χ0n) is 10.0. The number of nitrogens with two attached hydrogens (primary N) is 1. The topological polar surface area (TPSA) is 35.2 Å². The van der Waals surface area contributed by atoms with Gasteiger partial charge in [-0.1, -0.05) is 12.1 Å². The van der Waals surface area contributed by atoms with Gasteiger partial charge in [-0.05, 0) is 61.8 Å². The van der Waals surface area contributed by atoms with Gasteiger partial charge in [-0.15, -0.1) is 0 Å². The largest absolute Gasteiger partial charge is 0.496 e. The van der Waals surface area contributed by atoms with Gasteiger partial charge in [0.15, 0.2) is 0 Å². The van der Waals surface area contributed by atoms with Gasteiger partial charge in [0.1, 0.15) is 5.75 Å². The van der Waals surface area contributed by atoms with Crippen LogP contribution in [0, 0.1) is 5.92 Å². The van der Waals surface area contributed by atoms with Gasteiger partial charge in [0.05, 0.1) is 7.11 Å². The molecule has 1 aliphatic carbocycles. The van der Waals surface area contributed by atoms with Crippen LogP contribution >= 0.6 is 0 Å². The first kappa shape index (κ1) is 11.5.